The fourth-order valence-corrected chi connectivity index (χ4v) is 3.05. The minimum absolute atomic E-state index is 0.177. The largest absolute Gasteiger partial charge is 0.497 e. The Bertz CT molecular complexity index is 732. The lowest BCUT2D eigenvalue weighted by Crippen LogP contribution is -2.54. The third kappa shape index (κ3) is 9.25. The molecule has 1 aromatic carbocycles. The highest BCUT2D eigenvalue weighted by molar-refractivity contribution is 5.90. The zero-order valence-electron chi connectivity index (χ0n) is 19.0. The Morgan fingerprint density at radius 1 is 1.10 bits per heavy atom. The summed E-state index contributed by atoms with van der Waals surface area (Å²) >= 11 is 0. The molecule has 31 heavy (non-hydrogen) atoms. The van der Waals surface area contributed by atoms with Gasteiger partial charge in [-0.25, -0.2) is 5.48 Å². The molecule has 9 heteroatoms. The zero-order chi connectivity index (χ0) is 23.4. The van der Waals surface area contributed by atoms with Crippen molar-refractivity contribution in [2.75, 3.05) is 20.8 Å². The molecule has 0 unspecified atom stereocenters. The van der Waals surface area contributed by atoms with Crippen LogP contribution in [-0.2, 0) is 14.4 Å². The van der Waals surface area contributed by atoms with Gasteiger partial charge in [0.25, 0.3) is 0 Å². The summed E-state index contributed by atoms with van der Waals surface area (Å²) in [5, 5.41) is 14.2. The van der Waals surface area contributed by atoms with Crippen molar-refractivity contribution in [3.05, 3.63) is 24.3 Å². The van der Waals surface area contributed by atoms with Crippen molar-refractivity contribution < 1.29 is 29.1 Å². The smallest absolute Gasteiger partial charge is 0.244 e. The lowest BCUT2D eigenvalue weighted by molar-refractivity contribution is -0.137. The Kier molecular flexibility index (Phi) is 10.8. The standard InChI is InChI=1S/C22H35N3O6/c1-22(2,3)19(21(28)23-4)24-20(27)15(13-18(26)25-29)9-6-7-12-31-17-11-8-10-16(14-17)30-5/h8,10-11,14-15,19,29H,6-7,9,12-13H2,1-5H3,(H,23,28)(H,24,27)(H,25,26)/t15-,19-/m1/s1. The van der Waals surface area contributed by atoms with Crippen LogP contribution in [0.5, 0.6) is 11.5 Å². The van der Waals surface area contributed by atoms with E-state index >= 15 is 0 Å². The topological polar surface area (TPSA) is 126 Å². The molecule has 0 aliphatic rings. The van der Waals surface area contributed by atoms with E-state index in [0.717, 1.165) is 0 Å². The predicted octanol–water partition coefficient (Wildman–Crippen LogP) is 2.03. The molecule has 1 rings (SSSR count). The van der Waals surface area contributed by atoms with E-state index in [0.29, 0.717) is 37.4 Å². The van der Waals surface area contributed by atoms with Crippen LogP contribution in [0.15, 0.2) is 24.3 Å². The molecule has 3 amide bonds. The van der Waals surface area contributed by atoms with Crippen molar-refractivity contribution in [2.45, 2.75) is 52.5 Å². The van der Waals surface area contributed by atoms with Crippen LogP contribution in [-0.4, -0.2) is 49.7 Å². The molecule has 0 aromatic heterocycles. The number of hydrogen-bond acceptors (Lipinski definition) is 6. The third-order valence-electron chi connectivity index (χ3n) is 4.85. The van der Waals surface area contributed by atoms with Gasteiger partial charge < -0.3 is 20.1 Å². The first kappa shape index (κ1) is 26.2. The minimum atomic E-state index is -0.749. The molecule has 2 atom stereocenters. The van der Waals surface area contributed by atoms with Gasteiger partial charge in [0.15, 0.2) is 0 Å². The van der Waals surface area contributed by atoms with Crippen LogP contribution in [0.4, 0.5) is 0 Å². The van der Waals surface area contributed by atoms with Gasteiger partial charge in [0.2, 0.25) is 17.7 Å². The second-order valence-electron chi connectivity index (χ2n) is 8.38. The number of rotatable bonds is 12. The first-order chi connectivity index (χ1) is 14.6. The van der Waals surface area contributed by atoms with Crippen molar-refractivity contribution >= 4 is 17.7 Å². The summed E-state index contributed by atoms with van der Waals surface area (Å²) in [5.74, 6) is -0.655. The van der Waals surface area contributed by atoms with E-state index in [1.54, 1.807) is 18.7 Å². The molecule has 174 valence electrons. The number of carbonyl (C=O) groups is 3. The minimum Gasteiger partial charge on any atom is -0.497 e. The average Bonchev–Trinajstić information content (AvgIpc) is 2.74. The Labute approximate surface area is 183 Å². The molecule has 0 saturated carbocycles. The van der Waals surface area contributed by atoms with E-state index in [1.807, 2.05) is 39.0 Å². The Morgan fingerprint density at radius 2 is 1.77 bits per heavy atom. The summed E-state index contributed by atoms with van der Waals surface area (Å²) in [5.41, 5.74) is 1.06. The Hall–Kier alpha value is -2.81. The van der Waals surface area contributed by atoms with E-state index in [2.05, 4.69) is 10.6 Å². The normalized spacial score (nSPS) is 13.0. The van der Waals surface area contributed by atoms with E-state index in [-0.39, 0.29) is 12.3 Å². The molecular formula is C22H35N3O6. The van der Waals surface area contributed by atoms with Crippen LogP contribution in [0.1, 0.15) is 46.5 Å². The van der Waals surface area contributed by atoms with E-state index in [9.17, 15) is 14.4 Å². The molecule has 0 spiro atoms. The number of unbranched alkanes of at least 4 members (excludes halogenated alkanes) is 1. The molecule has 0 saturated heterocycles. The van der Waals surface area contributed by atoms with E-state index < -0.39 is 29.2 Å². The maximum absolute atomic E-state index is 12.8. The highest BCUT2D eigenvalue weighted by atomic mass is 16.5. The highest BCUT2D eigenvalue weighted by Crippen LogP contribution is 2.22. The number of hydroxylamine groups is 1. The summed E-state index contributed by atoms with van der Waals surface area (Å²) in [6.45, 7) is 5.98. The van der Waals surface area contributed by atoms with E-state index in [4.69, 9.17) is 14.7 Å². The van der Waals surface area contributed by atoms with Gasteiger partial charge in [0, 0.05) is 25.5 Å². The molecule has 0 aliphatic carbocycles. The second kappa shape index (κ2) is 12.8. The van der Waals surface area contributed by atoms with Crippen LogP contribution in [0.2, 0.25) is 0 Å². The number of hydrogen-bond donors (Lipinski definition) is 4. The third-order valence-corrected chi connectivity index (χ3v) is 4.85. The van der Waals surface area contributed by atoms with Crippen LogP contribution < -0.4 is 25.6 Å². The van der Waals surface area contributed by atoms with Gasteiger partial charge in [-0.15, -0.1) is 0 Å². The number of carbonyl (C=O) groups excluding carboxylic acids is 3. The van der Waals surface area contributed by atoms with Gasteiger partial charge in [-0.3, -0.25) is 19.6 Å². The highest BCUT2D eigenvalue weighted by Gasteiger charge is 2.34. The molecule has 0 aliphatic heterocycles. The van der Waals surface area contributed by atoms with Crippen molar-refractivity contribution in [3.8, 4) is 11.5 Å². The monoisotopic (exact) mass is 437 g/mol. The molecular weight excluding hydrogens is 402 g/mol. The number of nitrogens with one attached hydrogen (secondary N) is 3. The molecule has 0 bridgehead atoms. The van der Waals surface area contributed by atoms with Crippen LogP contribution in [0, 0.1) is 11.3 Å². The molecule has 4 N–H and O–H groups in total. The molecule has 0 radical (unpaired) electrons. The Morgan fingerprint density at radius 3 is 2.35 bits per heavy atom. The number of benzene rings is 1. The van der Waals surface area contributed by atoms with Crippen molar-refractivity contribution in [3.63, 3.8) is 0 Å². The molecule has 0 heterocycles. The quantitative estimate of drug-likeness (QED) is 0.225. The van der Waals surface area contributed by atoms with Crippen molar-refractivity contribution in [1.29, 1.82) is 0 Å². The first-order valence-electron chi connectivity index (χ1n) is 10.3. The van der Waals surface area contributed by atoms with Crippen LogP contribution in [0.3, 0.4) is 0 Å². The lowest BCUT2D eigenvalue weighted by atomic mass is 9.85. The summed E-state index contributed by atoms with van der Waals surface area (Å²) in [7, 11) is 3.09. The summed E-state index contributed by atoms with van der Waals surface area (Å²) < 4.78 is 10.9. The van der Waals surface area contributed by atoms with Gasteiger partial charge >= 0.3 is 0 Å². The number of likely N-dealkylation sites (N-methyl/N-ethyl adjacent to an activating group) is 1. The predicted molar refractivity (Wildman–Crippen MR) is 116 cm³/mol. The van der Waals surface area contributed by atoms with Crippen molar-refractivity contribution in [2.24, 2.45) is 11.3 Å². The van der Waals surface area contributed by atoms with Crippen LogP contribution in [0.25, 0.3) is 0 Å². The number of ether oxygens (including phenoxy) is 2. The molecule has 9 nitrogen and oxygen atoms in total. The molecule has 1 aromatic rings. The summed E-state index contributed by atoms with van der Waals surface area (Å²) in [4.78, 5) is 36.7. The van der Waals surface area contributed by atoms with Gasteiger partial charge in [0.1, 0.15) is 17.5 Å². The fourth-order valence-electron chi connectivity index (χ4n) is 3.05. The number of amides is 3. The maximum atomic E-state index is 12.8. The maximum Gasteiger partial charge on any atom is 0.244 e. The summed E-state index contributed by atoms with van der Waals surface area (Å²) in [6.07, 6.45) is 1.52. The first-order valence-corrected chi connectivity index (χ1v) is 10.3. The average molecular weight is 438 g/mol. The molecule has 0 fully saturated rings. The Balaban J connectivity index is 2.65. The zero-order valence-corrected chi connectivity index (χ0v) is 19.0. The van der Waals surface area contributed by atoms with Gasteiger partial charge in [-0.1, -0.05) is 26.8 Å². The SMILES string of the molecule is CNC(=O)[C@@H](NC(=O)[C@H](CCCCOc1cccc(OC)c1)CC(=O)NO)C(C)(C)C. The fraction of sp³-hybridized carbons (Fsp3) is 0.591. The van der Waals surface area contributed by atoms with Gasteiger partial charge in [-0.05, 0) is 36.8 Å². The lowest BCUT2D eigenvalue weighted by Gasteiger charge is -2.31. The second-order valence-corrected chi connectivity index (χ2v) is 8.38. The summed E-state index contributed by atoms with van der Waals surface area (Å²) in [6, 6.07) is 6.52. The van der Waals surface area contributed by atoms with Crippen molar-refractivity contribution in [1.82, 2.24) is 16.1 Å². The van der Waals surface area contributed by atoms with E-state index in [1.165, 1.54) is 7.05 Å². The van der Waals surface area contributed by atoms with Gasteiger partial charge in [-0.2, -0.15) is 0 Å². The van der Waals surface area contributed by atoms with Gasteiger partial charge in [0.05, 0.1) is 13.7 Å². The van der Waals surface area contributed by atoms with Crippen LogP contribution >= 0.6 is 0 Å². The number of methoxy groups -OCH3 is 1.